The van der Waals surface area contributed by atoms with Gasteiger partial charge in [-0.1, -0.05) is 163 Å². The van der Waals surface area contributed by atoms with Gasteiger partial charge >= 0.3 is 0 Å². The topological polar surface area (TPSA) is 172 Å². The molecule has 3 aliphatic heterocycles. The molecule has 1 radical (unpaired) electrons. The molecule has 12 nitrogen and oxygen atoms in total. The number of para-hydroxylation sites is 3. The molecule has 2 N–H and O–H groups in total. The van der Waals surface area contributed by atoms with Crippen LogP contribution in [0.2, 0.25) is 0 Å². The van der Waals surface area contributed by atoms with E-state index in [4.69, 9.17) is 9.47 Å². The summed E-state index contributed by atoms with van der Waals surface area (Å²) in [4.78, 5) is 36.9. The van der Waals surface area contributed by atoms with Crippen LogP contribution in [0.3, 0.4) is 0 Å². The molecule has 401 valence electrons. The fourth-order valence-corrected chi connectivity index (χ4v) is 10.8. The van der Waals surface area contributed by atoms with Crippen molar-refractivity contribution in [2.75, 3.05) is 11.4 Å². The second-order valence-corrected chi connectivity index (χ2v) is 21.7. The number of ether oxygens (including phenoxy) is 2. The van der Waals surface area contributed by atoms with Gasteiger partial charge in [0.05, 0.1) is 54.1 Å². The number of rotatable bonds is 11. The molecule has 0 spiro atoms. The standard InChI is InChI=1S/C19H21NO2S.C16H17NO3S.2C10H12O.C6H5NO2S.Ac/c1-3-12-20-15-6-4-5-7-16(15)23-18(17(21)19(20)22)14-10-8-13(2)9-11-14;1-11-7-9-13(10-8-11)16(12(2)18)21-15-6-4-3-5-14(15)17(19)20;2*1-7-3-5-9(6-4-7)10-8(2)11-10;8-7(9)5-3-1-2-4-6(5)10;/h4-11,17-18,21H,3,12H2,1-2H3;3-10,12,16,18H,1-2H3;2*3-6,8,10H,1-2H3;1-4,10H;/t17-,18+;12-,16+;8-,10-;;;/m101.../s1. The number of aryl methyl sites for hydroxylation is 4. The van der Waals surface area contributed by atoms with E-state index in [0.29, 0.717) is 40.8 Å². The number of anilines is 1. The number of amides is 1. The Bertz CT molecular complexity index is 2950. The van der Waals surface area contributed by atoms with Gasteiger partial charge in [0, 0.05) is 67.6 Å². The van der Waals surface area contributed by atoms with E-state index in [1.165, 1.54) is 51.7 Å². The second kappa shape index (κ2) is 30.5. The van der Waals surface area contributed by atoms with Gasteiger partial charge in [0.15, 0.2) is 0 Å². The first-order valence-electron chi connectivity index (χ1n) is 25.2. The number of hydrogen-bond acceptors (Lipinski definition) is 12. The molecule has 7 aromatic rings. The molecule has 0 saturated carbocycles. The van der Waals surface area contributed by atoms with Crippen molar-refractivity contribution in [2.24, 2.45) is 0 Å². The van der Waals surface area contributed by atoms with Crippen LogP contribution in [0.1, 0.15) is 101 Å². The number of nitro benzene ring substituents is 2. The summed E-state index contributed by atoms with van der Waals surface area (Å²) in [6, 6.07) is 53.8. The van der Waals surface area contributed by atoms with Gasteiger partial charge in [-0.05, 0) is 101 Å². The molecule has 1 amide bonds. The minimum Gasteiger partial charge on any atom is -0.392 e. The fourth-order valence-electron chi connectivity index (χ4n) is 8.10. The first kappa shape index (κ1) is 63.0. The summed E-state index contributed by atoms with van der Waals surface area (Å²) in [7, 11) is 0. The number of nitro groups is 2. The van der Waals surface area contributed by atoms with Crippen molar-refractivity contribution in [1.82, 2.24) is 0 Å². The van der Waals surface area contributed by atoms with E-state index in [1.54, 1.807) is 60.0 Å². The summed E-state index contributed by atoms with van der Waals surface area (Å²) < 4.78 is 10.7. The number of epoxide rings is 2. The smallest absolute Gasteiger partial charge is 0.282 e. The number of aliphatic hydroxyl groups is 2. The fraction of sp³-hybridized carbons (Fsp3) is 0.295. The number of nitrogens with zero attached hydrogens (tertiary/aromatic N) is 3. The van der Waals surface area contributed by atoms with Crippen molar-refractivity contribution in [1.29, 1.82) is 0 Å². The molecule has 77 heavy (non-hydrogen) atoms. The molecule has 0 aliphatic carbocycles. The van der Waals surface area contributed by atoms with Gasteiger partial charge in [-0.15, -0.1) is 36.2 Å². The molecule has 0 aromatic heterocycles. The van der Waals surface area contributed by atoms with Gasteiger partial charge in [-0.2, -0.15) is 0 Å². The van der Waals surface area contributed by atoms with Crippen LogP contribution in [-0.4, -0.2) is 56.9 Å². The van der Waals surface area contributed by atoms with Crippen LogP contribution in [0.15, 0.2) is 185 Å². The van der Waals surface area contributed by atoms with Gasteiger partial charge in [-0.3, -0.25) is 25.0 Å². The molecule has 10 rings (SSSR count). The third-order valence-electron chi connectivity index (χ3n) is 12.5. The summed E-state index contributed by atoms with van der Waals surface area (Å²) in [6.07, 6.45) is 0.799. The van der Waals surface area contributed by atoms with Crippen LogP contribution in [-0.2, 0) is 14.3 Å². The van der Waals surface area contributed by atoms with Crippen LogP contribution in [0, 0.1) is 92.0 Å². The number of thiol groups is 1. The molecular formula is C61H67AcN3O9S3. The molecular weight excluding hydrogens is 1240 g/mol. The van der Waals surface area contributed by atoms with Crippen LogP contribution < -0.4 is 4.90 Å². The van der Waals surface area contributed by atoms with Crippen molar-refractivity contribution in [3.05, 3.63) is 235 Å². The molecule has 2 unspecified atom stereocenters. The van der Waals surface area contributed by atoms with Gasteiger partial charge in [0.1, 0.15) is 18.3 Å². The quantitative estimate of drug-likeness (QED) is 0.0370. The zero-order chi connectivity index (χ0) is 55.1. The molecule has 0 bridgehead atoms. The van der Waals surface area contributed by atoms with E-state index in [0.717, 1.165) is 33.7 Å². The third kappa shape index (κ3) is 18.6. The summed E-state index contributed by atoms with van der Waals surface area (Å²) in [5, 5.41) is 41.5. The first-order valence-corrected chi connectivity index (χ1v) is 27.4. The maximum Gasteiger partial charge on any atom is 0.282 e. The number of benzene rings is 7. The van der Waals surface area contributed by atoms with Crippen LogP contribution in [0.4, 0.5) is 17.1 Å². The normalized spacial score (nSPS) is 19.4. The largest absolute Gasteiger partial charge is 0.392 e. The number of fused-ring (bicyclic) bond motifs is 1. The molecule has 2 fully saturated rings. The number of thioether (sulfide) groups is 2. The molecule has 8 atom stereocenters. The van der Waals surface area contributed by atoms with E-state index in [1.807, 2.05) is 93.6 Å². The molecule has 16 heteroatoms. The van der Waals surface area contributed by atoms with Gasteiger partial charge < -0.3 is 24.6 Å². The van der Waals surface area contributed by atoms with Crippen LogP contribution >= 0.6 is 36.2 Å². The van der Waals surface area contributed by atoms with Crippen molar-refractivity contribution in [3.63, 3.8) is 0 Å². The van der Waals surface area contributed by atoms with Crippen LogP contribution in [0.5, 0.6) is 0 Å². The SMILES string of the molecule is CCCN1C(=O)[C@H](O)[C@H](c2ccc(C)cc2)Sc2ccccc21.Cc1ccc(C2OC2C)cc1.Cc1ccc([C@@H]2O[C@@H]2C)cc1.Cc1ccc([C@H](Sc2ccccc2[N+](=O)[O-])[C@H](C)O)cc1.O=[N+]([O-])c1ccccc1S.[Ac]. The average molecular weight is 1310 g/mol. The van der Waals surface area contributed by atoms with Gasteiger partial charge in [-0.25, -0.2) is 0 Å². The van der Waals surface area contributed by atoms with E-state index in [9.17, 15) is 35.2 Å². The van der Waals surface area contributed by atoms with E-state index >= 15 is 0 Å². The Hall–Kier alpha value is -4.86. The molecule has 2 saturated heterocycles. The zero-order valence-electron chi connectivity index (χ0n) is 44.6. The summed E-state index contributed by atoms with van der Waals surface area (Å²) in [6.45, 7) is 16.8. The van der Waals surface area contributed by atoms with Gasteiger partial charge in [0.2, 0.25) is 0 Å². The summed E-state index contributed by atoms with van der Waals surface area (Å²) in [5.74, 6) is -0.213. The van der Waals surface area contributed by atoms with Gasteiger partial charge in [0.25, 0.3) is 17.3 Å². The Morgan fingerprint density at radius 2 is 1.06 bits per heavy atom. The van der Waals surface area contributed by atoms with Crippen molar-refractivity contribution in [2.45, 2.75) is 124 Å². The number of hydrogen-bond donors (Lipinski definition) is 3. The maximum atomic E-state index is 12.8. The van der Waals surface area contributed by atoms with E-state index in [-0.39, 0.29) is 71.8 Å². The summed E-state index contributed by atoms with van der Waals surface area (Å²) >= 11 is 6.78. The number of carbonyl (C=O) groups excluding carboxylic acids is 1. The molecule has 7 aromatic carbocycles. The monoisotopic (exact) mass is 1310 g/mol. The van der Waals surface area contributed by atoms with E-state index in [2.05, 4.69) is 88.9 Å². The van der Waals surface area contributed by atoms with Crippen molar-refractivity contribution < 1.29 is 78.4 Å². The van der Waals surface area contributed by atoms with Crippen LogP contribution in [0.25, 0.3) is 0 Å². The minimum absolute atomic E-state index is 0. The Labute approximate surface area is 502 Å². The maximum absolute atomic E-state index is 12.8. The first-order chi connectivity index (χ1) is 36.4. The molecule has 3 aliphatic rings. The summed E-state index contributed by atoms with van der Waals surface area (Å²) in [5.41, 5.74) is 10.5. The predicted molar refractivity (Wildman–Crippen MR) is 309 cm³/mol. The molecule has 3 heterocycles. The Balaban J connectivity index is 0.000000185. The Morgan fingerprint density at radius 1 is 0.649 bits per heavy atom. The Morgan fingerprint density at radius 3 is 1.49 bits per heavy atom. The predicted octanol–water partition coefficient (Wildman–Crippen LogP) is 14.9. The van der Waals surface area contributed by atoms with Crippen molar-refractivity contribution >= 4 is 59.1 Å². The number of aliphatic hydroxyl groups excluding tert-OH is 2. The second-order valence-electron chi connectivity index (χ2n) is 18.9. The third-order valence-corrected chi connectivity index (χ3v) is 15.8. The van der Waals surface area contributed by atoms with E-state index < -0.39 is 22.1 Å². The van der Waals surface area contributed by atoms with Crippen molar-refractivity contribution in [3.8, 4) is 0 Å². The number of carbonyl (C=O) groups is 1. The minimum atomic E-state index is -1.04. The Kier molecular flexibility index (Phi) is 24.9. The zero-order valence-corrected chi connectivity index (χ0v) is 51.9. The average Bonchev–Trinajstić information content (AvgIpc) is 4.35.